The Kier molecular flexibility index (Phi) is 4.81. The van der Waals surface area contributed by atoms with E-state index in [2.05, 4.69) is 9.71 Å². The van der Waals surface area contributed by atoms with E-state index >= 15 is 0 Å². The zero-order chi connectivity index (χ0) is 18.2. The number of hydrogen-bond acceptors (Lipinski definition) is 4. The molecule has 1 heterocycles. The SMILES string of the molecule is O=S(=O)(N[C@H](c1ccccn1)C1CC(O)C1)c1ccc(F)c(F)c1F. The van der Waals surface area contributed by atoms with Crippen LogP contribution < -0.4 is 4.72 Å². The van der Waals surface area contributed by atoms with E-state index in [4.69, 9.17) is 0 Å². The highest BCUT2D eigenvalue weighted by Crippen LogP contribution is 2.38. The van der Waals surface area contributed by atoms with Crippen molar-refractivity contribution in [1.29, 1.82) is 0 Å². The van der Waals surface area contributed by atoms with Crippen molar-refractivity contribution in [2.75, 3.05) is 0 Å². The zero-order valence-corrected chi connectivity index (χ0v) is 13.7. The van der Waals surface area contributed by atoms with Gasteiger partial charge in [0, 0.05) is 6.20 Å². The van der Waals surface area contributed by atoms with Crippen LogP contribution in [0.1, 0.15) is 24.6 Å². The minimum atomic E-state index is -4.47. The van der Waals surface area contributed by atoms with Gasteiger partial charge in [-0.05, 0) is 43.0 Å². The molecule has 1 saturated carbocycles. The third-order valence-electron chi connectivity index (χ3n) is 4.20. The predicted molar refractivity (Wildman–Crippen MR) is 82.3 cm³/mol. The molecule has 5 nitrogen and oxygen atoms in total. The Bertz CT molecular complexity index is 872. The maximum atomic E-state index is 13.9. The Morgan fingerprint density at radius 1 is 1.12 bits per heavy atom. The maximum Gasteiger partial charge on any atom is 0.244 e. The number of sulfonamides is 1. The van der Waals surface area contributed by atoms with E-state index in [1.165, 1.54) is 6.20 Å². The topological polar surface area (TPSA) is 79.3 Å². The zero-order valence-electron chi connectivity index (χ0n) is 12.9. The Hall–Kier alpha value is -1.97. The van der Waals surface area contributed by atoms with Crippen molar-refractivity contribution in [3.63, 3.8) is 0 Å². The van der Waals surface area contributed by atoms with Crippen LogP contribution in [0.2, 0.25) is 0 Å². The summed E-state index contributed by atoms with van der Waals surface area (Å²) in [6, 6.07) is 5.31. The number of benzene rings is 1. The van der Waals surface area contributed by atoms with Gasteiger partial charge in [-0.1, -0.05) is 6.07 Å². The number of aliphatic hydroxyl groups is 1. The minimum Gasteiger partial charge on any atom is -0.393 e. The number of hydrogen-bond donors (Lipinski definition) is 2. The fourth-order valence-electron chi connectivity index (χ4n) is 2.81. The van der Waals surface area contributed by atoms with Crippen LogP contribution in [0.5, 0.6) is 0 Å². The van der Waals surface area contributed by atoms with Gasteiger partial charge in [-0.3, -0.25) is 4.98 Å². The van der Waals surface area contributed by atoms with E-state index in [1.54, 1.807) is 18.2 Å². The van der Waals surface area contributed by atoms with Crippen LogP contribution in [0.4, 0.5) is 13.2 Å². The Labute approximate surface area is 142 Å². The molecule has 1 aromatic carbocycles. The molecule has 134 valence electrons. The van der Waals surface area contributed by atoms with Gasteiger partial charge in [0.1, 0.15) is 4.90 Å². The van der Waals surface area contributed by atoms with Crippen molar-refractivity contribution < 1.29 is 26.7 Å². The van der Waals surface area contributed by atoms with Crippen LogP contribution in [-0.2, 0) is 10.0 Å². The van der Waals surface area contributed by atoms with E-state index < -0.39 is 44.5 Å². The first-order valence-electron chi connectivity index (χ1n) is 7.54. The third kappa shape index (κ3) is 3.53. The minimum absolute atomic E-state index is 0.243. The molecule has 0 unspecified atom stereocenters. The first kappa shape index (κ1) is 17.8. The van der Waals surface area contributed by atoms with Crippen molar-refractivity contribution in [2.45, 2.75) is 29.9 Å². The molecule has 2 N–H and O–H groups in total. The lowest BCUT2D eigenvalue weighted by Gasteiger charge is -2.37. The molecular weight excluding hydrogens is 357 g/mol. The summed E-state index contributed by atoms with van der Waals surface area (Å²) < 4.78 is 67.6. The lowest BCUT2D eigenvalue weighted by Crippen LogP contribution is -2.42. The molecule has 1 aliphatic rings. The second-order valence-corrected chi connectivity index (χ2v) is 7.59. The second kappa shape index (κ2) is 6.74. The van der Waals surface area contributed by atoms with E-state index in [0.29, 0.717) is 30.7 Å². The van der Waals surface area contributed by atoms with E-state index in [9.17, 15) is 26.7 Å². The average molecular weight is 372 g/mol. The van der Waals surface area contributed by atoms with Crippen LogP contribution in [0.3, 0.4) is 0 Å². The van der Waals surface area contributed by atoms with Gasteiger partial charge < -0.3 is 5.11 Å². The quantitative estimate of drug-likeness (QED) is 0.790. The predicted octanol–water partition coefficient (Wildman–Crippen LogP) is 2.29. The number of nitrogens with one attached hydrogen (secondary N) is 1. The molecule has 3 rings (SSSR count). The molecule has 1 atom stereocenters. The molecule has 25 heavy (non-hydrogen) atoms. The summed E-state index contributed by atoms with van der Waals surface area (Å²) in [5.74, 6) is -5.34. The van der Waals surface area contributed by atoms with E-state index in [1.807, 2.05) is 0 Å². The van der Waals surface area contributed by atoms with Gasteiger partial charge in [0.05, 0.1) is 17.8 Å². The van der Waals surface area contributed by atoms with Crippen LogP contribution in [-0.4, -0.2) is 24.6 Å². The lowest BCUT2D eigenvalue weighted by atomic mass is 9.76. The van der Waals surface area contributed by atoms with Crippen molar-refractivity contribution in [3.05, 3.63) is 59.7 Å². The van der Waals surface area contributed by atoms with Gasteiger partial charge in [0.2, 0.25) is 10.0 Å². The first-order chi connectivity index (χ1) is 11.8. The average Bonchev–Trinajstić information content (AvgIpc) is 2.55. The van der Waals surface area contributed by atoms with Crippen LogP contribution in [0.25, 0.3) is 0 Å². The van der Waals surface area contributed by atoms with Crippen molar-refractivity contribution >= 4 is 10.0 Å². The summed E-state index contributed by atoms with van der Waals surface area (Å²) in [6.07, 6.45) is 1.64. The second-order valence-electron chi connectivity index (χ2n) is 5.91. The number of aromatic nitrogens is 1. The molecule has 2 aromatic rings. The number of halogens is 3. The molecule has 1 fully saturated rings. The van der Waals surface area contributed by atoms with Crippen LogP contribution >= 0.6 is 0 Å². The Balaban J connectivity index is 1.95. The summed E-state index contributed by atoms with van der Waals surface area (Å²) in [7, 11) is -4.47. The third-order valence-corrected chi connectivity index (χ3v) is 5.66. The molecule has 0 saturated heterocycles. The molecule has 0 radical (unpaired) electrons. The van der Waals surface area contributed by atoms with Crippen LogP contribution in [0, 0.1) is 23.4 Å². The number of aliphatic hydroxyl groups excluding tert-OH is 1. The largest absolute Gasteiger partial charge is 0.393 e. The fourth-order valence-corrected chi connectivity index (χ4v) is 4.15. The molecule has 9 heteroatoms. The van der Waals surface area contributed by atoms with Gasteiger partial charge >= 0.3 is 0 Å². The van der Waals surface area contributed by atoms with Gasteiger partial charge in [0.25, 0.3) is 0 Å². The summed E-state index contributed by atoms with van der Waals surface area (Å²) >= 11 is 0. The fraction of sp³-hybridized carbons (Fsp3) is 0.312. The van der Waals surface area contributed by atoms with Crippen molar-refractivity contribution in [2.24, 2.45) is 5.92 Å². The van der Waals surface area contributed by atoms with Crippen LogP contribution in [0.15, 0.2) is 41.4 Å². The summed E-state index contributed by atoms with van der Waals surface area (Å²) in [4.78, 5) is 3.12. The van der Waals surface area contributed by atoms with E-state index in [-0.39, 0.29) is 5.92 Å². The maximum absolute atomic E-state index is 13.9. The molecule has 0 amide bonds. The van der Waals surface area contributed by atoms with E-state index in [0.717, 1.165) is 0 Å². The molecule has 0 bridgehead atoms. The number of pyridine rings is 1. The standard InChI is InChI=1S/C16H15F3N2O3S/c17-11-4-5-13(15(19)14(11)18)25(23,24)21-16(9-7-10(22)8-9)12-3-1-2-6-20-12/h1-6,9-10,16,21-22H,7-8H2/t9?,10?,16-/m0/s1. The van der Waals surface area contributed by atoms with Crippen molar-refractivity contribution in [1.82, 2.24) is 9.71 Å². The first-order valence-corrected chi connectivity index (χ1v) is 9.02. The lowest BCUT2D eigenvalue weighted by molar-refractivity contribution is 0.0273. The Morgan fingerprint density at radius 3 is 2.44 bits per heavy atom. The normalized spacial score (nSPS) is 21.6. The van der Waals surface area contributed by atoms with Gasteiger partial charge in [-0.2, -0.15) is 0 Å². The monoisotopic (exact) mass is 372 g/mol. The molecular formula is C16H15F3N2O3S. The number of rotatable bonds is 5. The molecule has 0 aliphatic heterocycles. The number of nitrogens with zero attached hydrogens (tertiary/aromatic N) is 1. The summed E-state index contributed by atoms with van der Waals surface area (Å²) in [5, 5.41) is 9.49. The summed E-state index contributed by atoms with van der Waals surface area (Å²) in [6.45, 7) is 0. The molecule has 1 aliphatic carbocycles. The highest BCUT2D eigenvalue weighted by Gasteiger charge is 2.38. The molecule has 0 spiro atoms. The van der Waals surface area contributed by atoms with Gasteiger partial charge in [0.15, 0.2) is 17.5 Å². The molecule has 1 aromatic heterocycles. The highest BCUT2D eigenvalue weighted by atomic mass is 32.2. The van der Waals surface area contributed by atoms with Gasteiger partial charge in [-0.25, -0.2) is 26.3 Å². The van der Waals surface area contributed by atoms with Gasteiger partial charge in [-0.15, -0.1) is 0 Å². The summed E-state index contributed by atoms with van der Waals surface area (Å²) in [5.41, 5.74) is 0.394. The highest BCUT2D eigenvalue weighted by molar-refractivity contribution is 7.89. The smallest absolute Gasteiger partial charge is 0.244 e. The Morgan fingerprint density at radius 2 is 1.84 bits per heavy atom. The van der Waals surface area contributed by atoms with Crippen molar-refractivity contribution in [3.8, 4) is 0 Å².